The van der Waals surface area contributed by atoms with Gasteiger partial charge >= 0.3 is 0 Å². The van der Waals surface area contributed by atoms with Gasteiger partial charge in [0.05, 0.1) is 10.6 Å². The lowest BCUT2D eigenvalue weighted by molar-refractivity contribution is 0.481. The van der Waals surface area contributed by atoms with Crippen molar-refractivity contribution in [3.8, 4) is 0 Å². The second-order valence-electron chi connectivity index (χ2n) is 8.04. The molecule has 0 saturated carbocycles. The molecular weight excluding hydrogens is 488 g/mol. The fraction of sp³-hybridized carbons (Fsp3) is 0.240. The van der Waals surface area contributed by atoms with Gasteiger partial charge in [-0.25, -0.2) is 0 Å². The third-order valence-corrected chi connectivity index (χ3v) is 7.17. The van der Waals surface area contributed by atoms with Crippen LogP contribution < -0.4 is 5.32 Å². The summed E-state index contributed by atoms with van der Waals surface area (Å²) in [6, 6.07) is 8.82. The summed E-state index contributed by atoms with van der Waals surface area (Å²) in [6.07, 6.45) is 5.50. The molecule has 1 aliphatic carbocycles. The van der Waals surface area contributed by atoms with Crippen molar-refractivity contribution in [1.82, 2.24) is 0 Å². The number of hydrogen-bond acceptors (Lipinski definition) is 6. The van der Waals surface area contributed by atoms with Crippen LogP contribution in [0.25, 0.3) is 5.57 Å². The largest absolute Gasteiger partial charge is 0.385 e. The summed E-state index contributed by atoms with van der Waals surface area (Å²) < 4.78 is 67.8. The molecule has 1 aliphatic rings. The Morgan fingerprint density at radius 3 is 2.20 bits per heavy atom. The number of nitrogens with zero attached hydrogens (tertiary/aromatic N) is 1. The highest BCUT2D eigenvalue weighted by atomic mass is 32.2. The Labute approximate surface area is 206 Å². The van der Waals surface area contributed by atoms with Crippen molar-refractivity contribution in [3.63, 3.8) is 0 Å². The molecule has 0 atom stereocenters. The summed E-state index contributed by atoms with van der Waals surface area (Å²) in [5, 5.41) is 3.28. The van der Waals surface area contributed by atoms with Gasteiger partial charge in [-0.1, -0.05) is 23.8 Å². The van der Waals surface area contributed by atoms with Gasteiger partial charge in [0.25, 0.3) is 20.2 Å². The van der Waals surface area contributed by atoms with E-state index in [0.29, 0.717) is 29.8 Å². The van der Waals surface area contributed by atoms with E-state index < -0.39 is 30.0 Å². The quantitative estimate of drug-likeness (QED) is 0.454. The SMILES string of the molecule is CCN=C1C=CC(=C(c2cc(C)ccc2NCC)c2ccc(S(=O)(=O)O)cc2S(=O)(=O)O)C=C1C. The molecule has 2 aromatic rings. The Hall–Kier alpha value is -3.05. The zero-order chi connectivity index (χ0) is 26.0. The molecule has 3 rings (SSSR count). The summed E-state index contributed by atoms with van der Waals surface area (Å²) >= 11 is 0. The molecule has 2 aromatic carbocycles. The molecule has 35 heavy (non-hydrogen) atoms. The first-order chi connectivity index (χ1) is 16.4. The van der Waals surface area contributed by atoms with Crippen LogP contribution in [-0.2, 0) is 20.2 Å². The number of allylic oxidation sites excluding steroid dienone is 5. The van der Waals surface area contributed by atoms with E-state index in [0.717, 1.165) is 34.7 Å². The van der Waals surface area contributed by atoms with Gasteiger partial charge in [0.15, 0.2) is 0 Å². The van der Waals surface area contributed by atoms with Crippen LogP contribution in [0.1, 0.15) is 37.5 Å². The van der Waals surface area contributed by atoms with Crippen molar-refractivity contribution in [2.24, 2.45) is 4.99 Å². The van der Waals surface area contributed by atoms with E-state index in [4.69, 9.17) is 0 Å². The lowest BCUT2D eigenvalue weighted by atomic mass is 9.87. The van der Waals surface area contributed by atoms with Crippen LogP contribution in [0.4, 0.5) is 5.69 Å². The fourth-order valence-corrected chi connectivity index (χ4v) is 5.21. The van der Waals surface area contributed by atoms with Crippen LogP contribution in [0.2, 0.25) is 0 Å². The molecule has 8 nitrogen and oxygen atoms in total. The maximum absolute atomic E-state index is 12.4. The molecule has 186 valence electrons. The van der Waals surface area contributed by atoms with Gasteiger partial charge in [0.2, 0.25) is 0 Å². The number of aliphatic imine (C=N–C) groups is 1. The molecular formula is C25H28N2O6S2. The first-order valence-electron chi connectivity index (χ1n) is 11.0. The minimum absolute atomic E-state index is 0.0873. The highest BCUT2D eigenvalue weighted by Crippen LogP contribution is 2.39. The predicted octanol–water partition coefficient (Wildman–Crippen LogP) is 4.70. The number of anilines is 1. The Bertz CT molecular complexity index is 1500. The van der Waals surface area contributed by atoms with Crippen LogP contribution >= 0.6 is 0 Å². The average molecular weight is 517 g/mol. The maximum Gasteiger partial charge on any atom is 0.295 e. The van der Waals surface area contributed by atoms with Gasteiger partial charge in [0.1, 0.15) is 4.90 Å². The minimum atomic E-state index is -4.87. The molecule has 10 heteroatoms. The maximum atomic E-state index is 12.4. The van der Waals surface area contributed by atoms with Crippen LogP contribution in [0.3, 0.4) is 0 Å². The second kappa shape index (κ2) is 10.3. The molecule has 0 spiro atoms. The van der Waals surface area contributed by atoms with E-state index >= 15 is 0 Å². The van der Waals surface area contributed by atoms with Crippen molar-refractivity contribution in [1.29, 1.82) is 0 Å². The van der Waals surface area contributed by atoms with Crippen LogP contribution in [0.15, 0.2) is 80.6 Å². The van der Waals surface area contributed by atoms with Gasteiger partial charge in [-0.3, -0.25) is 14.1 Å². The number of nitrogens with one attached hydrogen (secondary N) is 1. The fourth-order valence-electron chi connectivity index (χ4n) is 3.91. The highest BCUT2D eigenvalue weighted by molar-refractivity contribution is 7.86. The van der Waals surface area contributed by atoms with Crippen molar-refractivity contribution in [3.05, 3.63) is 82.5 Å². The van der Waals surface area contributed by atoms with Gasteiger partial charge in [0, 0.05) is 29.9 Å². The van der Waals surface area contributed by atoms with Gasteiger partial charge in [-0.05, 0) is 80.8 Å². The summed E-state index contributed by atoms with van der Waals surface area (Å²) in [6.45, 7) is 8.85. The molecule has 0 aliphatic heterocycles. The first-order valence-corrected chi connectivity index (χ1v) is 13.8. The molecule has 0 amide bonds. The number of benzene rings is 2. The van der Waals surface area contributed by atoms with Crippen molar-refractivity contribution in [2.45, 2.75) is 37.5 Å². The number of aryl methyl sites for hydroxylation is 1. The number of hydrogen-bond donors (Lipinski definition) is 3. The molecule has 0 fully saturated rings. The second-order valence-corrected chi connectivity index (χ2v) is 10.8. The molecule has 0 unspecified atom stereocenters. The monoisotopic (exact) mass is 516 g/mol. The summed E-state index contributed by atoms with van der Waals surface area (Å²) in [4.78, 5) is 3.18. The molecule has 0 radical (unpaired) electrons. The van der Waals surface area contributed by atoms with Gasteiger partial charge in [-0.2, -0.15) is 16.8 Å². The van der Waals surface area contributed by atoms with E-state index in [9.17, 15) is 25.9 Å². The van der Waals surface area contributed by atoms with Crippen molar-refractivity contribution in [2.75, 3.05) is 18.4 Å². The Balaban J connectivity index is 2.49. The highest BCUT2D eigenvalue weighted by Gasteiger charge is 2.26. The van der Waals surface area contributed by atoms with E-state index in [-0.39, 0.29) is 5.56 Å². The standard InChI is InChI=1S/C25H28N2O6S2/c1-5-26-22-12-8-18(14-17(22)4)25(21-13-16(3)7-11-23(21)27-6-2)20-10-9-19(34(28,29)30)15-24(20)35(31,32)33/h7-15,27H,5-6H2,1-4H3,(H,28,29,30)(H,31,32,33). The summed E-state index contributed by atoms with van der Waals surface area (Å²) in [7, 11) is -9.58. The summed E-state index contributed by atoms with van der Waals surface area (Å²) in [5.41, 5.74) is 5.16. The van der Waals surface area contributed by atoms with Gasteiger partial charge in [-0.15, -0.1) is 0 Å². The Kier molecular flexibility index (Phi) is 7.80. The van der Waals surface area contributed by atoms with Crippen LogP contribution in [0.5, 0.6) is 0 Å². The molecule has 0 saturated heterocycles. The Morgan fingerprint density at radius 1 is 0.914 bits per heavy atom. The molecule has 0 heterocycles. The lowest BCUT2D eigenvalue weighted by Gasteiger charge is -2.21. The smallest absolute Gasteiger partial charge is 0.295 e. The van der Waals surface area contributed by atoms with E-state index in [1.54, 1.807) is 6.08 Å². The predicted molar refractivity (Wildman–Crippen MR) is 138 cm³/mol. The summed E-state index contributed by atoms with van der Waals surface area (Å²) in [5.74, 6) is 0. The zero-order valence-electron chi connectivity index (χ0n) is 19.9. The molecule has 3 N–H and O–H groups in total. The third kappa shape index (κ3) is 5.96. The van der Waals surface area contributed by atoms with E-state index in [1.807, 2.05) is 58.0 Å². The van der Waals surface area contributed by atoms with Crippen molar-refractivity contribution >= 4 is 37.2 Å². The minimum Gasteiger partial charge on any atom is -0.385 e. The Morgan fingerprint density at radius 2 is 1.63 bits per heavy atom. The lowest BCUT2D eigenvalue weighted by Crippen LogP contribution is -2.10. The van der Waals surface area contributed by atoms with Crippen LogP contribution in [-0.4, -0.2) is 44.7 Å². The third-order valence-electron chi connectivity index (χ3n) is 5.42. The average Bonchev–Trinajstić information content (AvgIpc) is 2.76. The van der Waals surface area contributed by atoms with Crippen LogP contribution in [0, 0.1) is 6.92 Å². The number of rotatable bonds is 7. The van der Waals surface area contributed by atoms with Gasteiger partial charge < -0.3 is 5.32 Å². The van der Waals surface area contributed by atoms with Crippen molar-refractivity contribution < 1.29 is 25.9 Å². The topological polar surface area (TPSA) is 133 Å². The van der Waals surface area contributed by atoms with E-state index in [2.05, 4.69) is 10.3 Å². The zero-order valence-corrected chi connectivity index (χ0v) is 21.5. The normalized spacial score (nSPS) is 16.9. The first kappa shape index (κ1) is 26.6. The molecule has 0 aromatic heterocycles. The molecule has 0 bridgehead atoms. The van der Waals surface area contributed by atoms with E-state index in [1.165, 1.54) is 6.07 Å².